The summed E-state index contributed by atoms with van der Waals surface area (Å²) in [5.74, 6) is 1.54. The van der Waals surface area contributed by atoms with Crippen LogP contribution in [0.25, 0.3) is 33.2 Å². The maximum absolute atomic E-state index is 9.53. The Morgan fingerprint density at radius 1 is 0.889 bits per heavy atom. The smallest absolute Gasteiger partial charge is 0.162 e. The second-order valence-corrected chi connectivity index (χ2v) is 6.26. The fourth-order valence-electron chi connectivity index (χ4n) is 3.07. The van der Waals surface area contributed by atoms with E-state index in [1.807, 2.05) is 42.5 Å². The van der Waals surface area contributed by atoms with Crippen molar-refractivity contribution in [3.63, 3.8) is 0 Å². The van der Waals surface area contributed by atoms with E-state index < -0.39 is 0 Å². The lowest BCUT2D eigenvalue weighted by atomic mass is 10.1. The standard InChI is InChI=1S/C21H15N5O/c27-16-8-5-13(6-9-16)20-24-19-4-2-1-3-17(19)21(25-20)23-15-7-10-18-14(11-15)12-22-26-18/h1-12,27H,(H,22,26)(H,23,24,25). The first-order valence-corrected chi connectivity index (χ1v) is 8.53. The molecule has 0 fully saturated rings. The number of anilines is 2. The summed E-state index contributed by atoms with van der Waals surface area (Å²) in [5.41, 5.74) is 3.59. The van der Waals surface area contributed by atoms with Crippen molar-refractivity contribution in [3.05, 3.63) is 72.9 Å². The lowest BCUT2D eigenvalue weighted by Gasteiger charge is -2.11. The van der Waals surface area contributed by atoms with Gasteiger partial charge in [0.25, 0.3) is 0 Å². The van der Waals surface area contributed by atoms with Gasteiger partial charge in [-0.05, 0) is 54.6 Å². The molecule has 3 N–H and O–H groups in total. The van der Waals surface area contributed by atoms with Gasteiger partial charge in [-0.2, -0.15) is 5.10 Å². The van der Waals surface area contributed by atoms with Crippen LogP contribution in [0.2, 0.25) is 0 Å². The number of aromatic nitrogens is 4. The van der Waals surface area contributed by atoms with Crippen LogP contribution in [0.15, 0.2) is 72.9 Å². The first kappa shape index (κ1) is 15.3. The number of para-hydroxylation sites is 1. The Kier molecular flexibility index (Phi) is 3.47. The number of benzene rings is 3. The highest BCUT2D eigenvalue weighted by Gasteiger charge is 2.10. The molecule has 5 aromatic rings. The van der Waals surface area contributed by atoms with Gasteiger partial charge < -0.3 is 10.4 Å². The molecule has 0 spiro atoms. The monoisotopic (exact) mass is 353 g/mol. The van der Waals surface area contributed by atoms with Gasteiger partial charge in [0.1, 0.15) is 11.6 Å². The number of phenolic OH excluding ortho intramolecular Hbond substituents is 1. The maximum Gasteiger partial charge on any atom is 0.162 e. The summed E-state index contributed by atoms with van der Waals surface area (Å²) in [4.78, 5) is 9.41. The summed E-state index contributed by atoms with van der Waals surface area (Å²) in [5, 5.41) is 21.9. The Morgan fingerprint density at radius 2 is 1.74 bits per heavy atom. The van der Waals surface area contributed by atoms with Gasteiger partial charge in [-0.25, -0.2) is 9.97 Å². The molecule has 3 aromatic carbocycles. The molecule has 0 bridgehead atoms. The lowest BCUT2D eigenvalue weighted by molar-refractivity contribution is 0.475. The Morgan fingerprint density at radius 3 is 2.63 bits per heavy atom. The minimum atomic E-state index is 0.214. The lowest BCUT2D eigenvalue weighted by Crippen LogP contribution is -1.99. The molecule has 0 amide bonds. The van der Waals surface area contributed by atoms with Crippen molar-refractivity contribution in [2.45, 2.75) is 0 Å². The number of aromatic amines is 1. The van der Waals surface area contributed by atoms with E-state index in [4.69, 9.17) is 4.98 Å². The number of aromatic hydroxyl groups is 1. The van der Waals surface area contributed by atoms with Gasteiger partial charge in [-0.3, -0.25) is 5.10 Å². The van der Waals surface area contributed by atoms with E-state index in [1.165, 1.54) is 0 Å². The third-order valence-electron chi connectivity index (χ3n) is 4.43. The average Bonchev–Trinajstić information content (AvgIpc) is 3.16. The molecule has 130 valence electrons. The molecular formula is C21H15N5O. The number of fused-ring (bicyclic) bond motifs is 2. The normalized spacial score (nSPS) is 11.1. The van der Waals surface area contributed by atoms with Crippen LogP contribution in [0, 0.1) is 0 Å². The van der Waals surface area contributed by atoms with E-state index in [2.05, 4.69) is 20.5 Å². The zero-order chi connectivity index (χ0) is 18.2. The molecule has 0 aliphatic rings. The van der Waals surface area contributed by atoms with Crippen molar-refractivity contribution in [2.75, 3.05) is 5.32 Å². The molecule has 0 radical (unpaired) electrons. The second-order valence-electron chi connectivity index (χ2n) is 6.26. The van der Waals surface area contributed by atoms with Gasteiger partial charge in [-0.1, -0.05) is 12.1 Å². The molecule has 0 saturated heterocycles. The van der Waals surface area contributed by atoms with Crippen molar-refractivity contribution in [1.29, 1.82) is 0 Å². The SMILES string of the molecule is Oc1ccc(-c2nc(Nc3ccc4[nH]ncc4c3)c3ccccc3n2)cc1. The molecule has 0 aliphatic heterocycles. The van der Waals surface area contributed by atoms with Gasteiger partial charge in [0.15, 0.2) is 5.82 Å². The molecule has 6 nitrogen and oxygen atoms in total. The van der Waals surface area contributed by atoms with E-state index in [0.29, 0.717) is 5.82 Å². The maximum atomic E-state index is 9.53. The van der Waals surface area contributed by atoms with Crippen LogP contribution in [0.5, 0.6) is 5.75 Å². The third kappa shape index (κ3) is 2.83. The number of hydrogen-bond donors (Lipinski definition) is 3. The number of phenols is 1. The minimum absolute atomic E-state index is 0.214. The molecule has 0 saturated carbocycles. The number of nitrogens with one attached hydrogen (secondary N) is 2. The predicted molar refractivity (Wildman–Crippen MR) is 106 cm³/mol. The fraction of sp³-hybridized carbons (Fsp3) is 0. The summed E-state index contributed by atoms with van der Waals surface area (Å²) in [7, 11) is 0. The largest absolute Gasteiger partial charge is 0.508 e. The quantitative estimate of drug-likeness (QED) is 0.440. The van der Waals surface area contributed by atoms with Gasteiger partial charge in [0.05, 0.1) is 17.2 Å². The molecule has 2 heterocycles. The van der Waals surface area contributed by atoms with Crippen LogP contribution in [0.3, 0.4) is 0 Å². The van der Waals surface area contributed by atoms with E-state index in [-0.39, 0.29) is 5.75 Å². The molecule has 0 atom stereocenters. The first-order valence-electron chi connectivity index (χ1n) is 8.53. The highest BCUT2D eigenvalue weighted by atomic mass is 16.3. The van der Waals surface area contributed by atoms with Crippen LogP contribution in [0.4, 0.5) is 11.5 Å². The molecular weight excluding hydrogens is 338 g/mol. The molecule has 0 unspecified atom stereocenters. The Bertz CT molecular complexity index is 1260. The van der Waals surface area contributed by atoms with Crippen LogP contribution in [-0.4, -0.2) is 25.3 Å². The van der Waals surface area contributed by atoms with Crippen molar-refractivity contribution in [1.82, 2.24) is 20.2 Å². The number of H-pyrrole nitrogens is 1. The minimum Gasteiger partial charge on any atom is -0.508 e. The number of rotatable bonds is 3. The topological polar surface area (TPSA) is 86.7 Å². The van der Waals surface area contributed by atoms with E-state index in [1.54, 1.807) is 30.5 Å². The van der Waals surface area contributed by atoms with Crippen molar-refractivity contribution in [2.24, 2.45) is 0 Å². The summed E-state index contributed by atoms with van der Waals surface area (Å²) in [6, 6.07) is 20.7. The molecule has 6 heteroatoms. The summed E-state index contributed by atoms with van der Waals surface area (Å²) < 4.78 is 0. The summed E-state index contributed by atoms with van der Waals surface area (Å²) >= 11 is 0. The molecule has 2 aromatic heterocycles. The van der Waals surface area contributed by atoms with E-state index >= 15 is 0 Å². The van der Waals surface area contributed by atoms with Crippen LogP contribution in [0.1, 0.15) is 0 Å². The first-order chi connectivity index (χ1) is 13.3. The van der Waals surface area contributed by atoms with Gasteiger partial charge in [-0.15, -0.1) is 0 Å². The zero-order valence-corrected chi connectivity index (χ0v) is 14.2. The number of hydrogen-bond acceptors (Lipinski definition) is 5. The van der Waals surface area contributed by atoms with Gasteiger partial charge in [0, 0.05) is 22.0 Å². The summed E-state index contributed by atoms with van der Waals surface area (Å²) in [6.07, 6.45) is 1.79. The van der Waals surface area contributed by atoms with Gasteiger partial charge >= 0.3 is 0 Å². The van der Waals surface area contributed by atoms with Gasteiger partial charge in [0.2, 0.25) is 0 Å². The highest BCUT2D eigenvalue weighted by Crippen LogP contribution is 2.28. The van der Waals surface area contributed by atoms with Crippen LogP contribution >= 0.6 is 0 Å². The zero-order valence-electron chi connectivity index (χ0n) is 14.2. The van der Waals surface area contributed by atoms with E-state index in [0.717, 1.165) is 38.9 Å². The Balaban J connectivity index is 1.64. The fourth-order valence-corrected chi connectivity index (χ4v) is 3.07. The van der Waals surface area contributed by atoms with Crippen molar-refractivity contribution in [3.8, 4) is 17.1 Å². The third-order valence-corrected chi connectivity index (χ3v) is 4.43. The highest BCUT2D eigenvalue weighted by molar-refractivity contribution is 5.93. The molecule has 5 rings (SSSR count). The molecule has 0 aliphatic carbocycles. The van der Waals surface area contributed by atoms with E-state index in [9.17, 15) is 5.11 Å². The van der Waals surface area contributed by atoms with Crippen molar-refractivity contribution >= 4 is 33.3 Å². The average molecular weight is 353 g/mol. The Hall–Kier alpha value is -3.93. The van der Waals surface area contributed by atoms with Crippen LogP contribution < -0.4 is 5.32 Å². The Labute approximate surface area is 154 Å². The molecule has 27 heavy (non-hydrogen) atoms. The number of nitrogens with zero attached hydrogens (tertiary/aromatic N) is 3. The predicted octanol–water partition coefficient (Wildman–Crippen LogP) is 4.62. The van der Waals surface area contributed by atoms with Crippen LogP contribution in [-0.2, 0) is 0 Å². The second kappa shape index (κ2) is 6.10. The summed E-state index contributed by atoms with van der Waals surface area (Å²) in [6.45, 7) is 0. The van der Waals surface area contributed by atoms with Crippen molar-refractivity contribution < 1.29 is 5.11 Å².